The van der Waals surface area contributed by atoms with Crippen molar-refractivity contribution < 1.29 is 13.2 Å². The summed E-state index contributed by atoms with van der Waals surface area (Å²) >= 11 is 0. The predicted octanol–water partition coefficient (Wildman–Crippen LogP) is 1.48. The predicted molar refractivity (Wildman–Crippen MR) is 75.6 cm³/mol. The Labute approximate surface area is 113 Å². The van der Waals surface area contributed by atoms with Gasteiger partial charge in [0.15, 0.2) is 9.84 Å². The van der Waals surface area contributed by atoms with Gasteiger partial charge in [0.2, 0.25) is 5.91 Å². The number of amides is 1. The lowest BCUT2D eigenvalue weighted by Gasteiger charge is -2.21. The van der Waals surface area contributed by atoms with Crippen LogP contribution in [-0.2, 0) is 14.6 Å². The van der Waals surface area contributed by atoms with E-state index in [4.69, 9.17) is 5.73 Å². The number of rotatable bonds is 2. The van der Waals surface area contributed by atoms with Gasteiger partial charge in [0, 0.05) is 0 Å². The van der Waals surface area contributed by atoms with Crippen LogP contribution >= 0.6 is 0 Å². The van der Waals surface area contributed by atoms with Crippen molar-refractivity contribution in [2.75, 3.05) is 16.8 Å². The number of hydrogen-bond acceptors (Lipinski definition) is 4. The Balaban J connectivity index is 2.17. The number of carbonyl (C=O) groups excluding carboxylic acids is 1. The second-order valence-corrected chi connectivity index (χ2v) is 7.23. The first-order chi connectivity index (χ1) is 8.90. The van der Waals surface area contributed by atoms with Crippen LogP contribution in [-0.4, -0.2) is 25.3 Å². The molecule has 3 N–H and O–H groups in total. The van der Waals surface area contributed by atoms with Crippen molar-refractivity contribution in [3.05, 3.63) is 23.8 Å². The summed E-state index contributed by atoms with van der Waals surface area (Å²) in [5, 5.41) is 1.68. The molecule has 104 valence electrons. The number of nitrogens with one attached hydrogen (secondary N) is 1. The SMILES string of the molecule is Cc1ccc(NC(=O)C2CCCCS2(=O)=O)c(N)c1. The lowest BCUT2D eigenvalue weighted by Crippen LogP contribution is -2.39. The van der Waals surface area contributed by atoms with Crippen LogP contribution in [0.3, 0.4) is 0 Å². The number of anilines is 2. The summed E-state index contributed by atoms with van der Waals surface area (Å²) in [4.78, 5) is 12.1. The van der Waals surface area contributed by atoms with E-state index in [0.29, 0.717) is 24.2 Å². The van der Waals surface area contributed by atoms with Gasteiger partial charge in [-0.05, 0) is 37.5 Å². The zero-order valence-corrected chi connectivity index (χ0v) is 11.7. The second-order valence-electron chi connectivity index (χ2n) is 4.93. The van der Waals surface area contributed by atoms with Gasteiger partial charge in [-0.2, -0.15) is 0 Å². The molecule has 2 rings (SSSR count). The maximum atomic E-state index is 12.1. The van der Waals surface area contributed by atoms with Crippen molar-refractivity contribution in [2.45, 2.75) is 31.4 Å². The van der Waals surface area contributed by atoms with Gasteiger partial charge >= 0.3 is 0 Å². The number of hydrogen-bond donors (Lipinski definition) is 2. The highest BCUT2D eigenvalue weighted by atomic mass is 32.2. The fourth-order valence-electron chi connectivity index (χ4n) is 2.26. The monoisotopic (exact) mass is 282 g/mol. The van der Waals surface area contributed by atoms with E-state index in [0.717, 1.165) is 12.0 Å². The van der Waals surface area contributed by atoms with E-state index in [1.165, 1.54) is 0 Å². The summed E-state index contributed by atoms with van der Waals surface area (Å²) in [5.41, 5.74) is 7.70. The van der Waals surface area contributed by atoms with Crippen LogP contribution in [0.25, 0.3) is 0 Å². The summed E-state index contributed by atoms with van der Waals surface area (Å²) in [5.74, 6) is -0.385. The Morgan fingerprint density at radius 3 is 2.74 bits per heavy atom. The van der Waals surface area contributed by atoms with Gasteiger partial charge in [-0.3, -0.25) is 4.79 Å². The van der Waals surface area contributed by atoms with E-state index in [1.807, 2.05) is 13.0 Å². The molecule has 1 heterocycles. The van der Waals surface area contributed by atoms with Crippen molar-refractivity contribution in [2.24, 2.45) is 0 Å². The molecule has 1 aliphatic rings. The van der Waals surface area contributed by atoms with Crippen LogP contribution in [0.15, 0.2) is 18.2 Å². The number of benzene rings is 1. The summed E-state index contributed by atoms with van der Waals surface area (Å²) in [7, 11) is -3.32. The van der Waals surface area contributed by atoms with E-state index in [-0.39, 0.29) is 5.75 Å². The first-order valence-corrected chi connectivity index (χ1v) is 8.00. The molecule has 0 radical (unpaired) electrons. The molecular weight excluding hydrogens is 264 g/mol. The molecule has 5 nitrogen and oxygen atoms in total. The summed E-state index contributed by atoms with van der Waals surface area (Å²) in [6.45, 7) is 1.90. The van der Waals surface area contributed by atoms with Gasteiger partial charge in [0.25, 0.3) is 0 Å². The van der Waals surface area contributed by atoms with Gasteiger partial charge < -0.3 is 11.1 Å². The molecule has 0 spiro atoms. The number of aryl methyl sites for hydroxylation is 1. The zero-order valence-electron chi connectivity index (χ0n) is 10.8. The molecule has 1 fully saturated rings. The van der Waals surface area contributed by atoms with Crippen LogP contribution in [0.2, 0.25) is 0 Å². The molecule has 6 heteroatoms. The maximum absolute atomic E-state index is 12.1. The fourth-order valence-corrected chi connectivity index (χ4v) is 4.06. The van der Waals surface area contributed by atoms with Crippen molar-refractivity contribution in [1.29, 1.82) is 0 Å². The number of sulfone groups is 1. The molecule has 1 aromatic carbocycles. The molecular formula is C13H18N2O3S. The average Bonchev–Trinajstić information content (AvgIpc) is 2.32. The van der Waals surface area contributed by atoms with Gasteiger partial charge in [-0.25, -0.2) is 8.42 Å². The highest BCUT2D eigenvalue weighted by Crippen LogP contribution is 2.24. The molecule has 1 atom stereocenters. The second kappa shape index (κ2) is 5.21. The summed E-state index contributed by atoms with van der Waals surface area (Å²) < 4.78 is 23.7. The molecule has 19 heavy (non-hydrogen) atoms. The van der Waals surface area contributed by atoms with Crippen LogP contribution in [0.5, 0.6) is 0 Å². The van der Waals surface area contributed by atoms with Crippen molar-refractivity contribution in [1.82, 2.24) is 0 Å². The Kier molecular flexibility index (Phi) is 3.80. The highest BCUT2D eigenvalue weighted by Gasteiger charge is 2.34. The van der Waals surface area contributed by atoms with Crippen molar-refractivity contribution >= 4 is 27.1 Å². The van der Waals surface area contributed by atoms with E-state index in [2.05, 4.69) is 5.32 Å². The molecule has 0 saturated carbocycles. The fraction of sp³-hybridized carbons (Fsp3) is 0.462. The molecule has 1 unspecified atom stereocenters. The van der Waals surface area contributed by atoms with E-state index >= 15 is 0 Å². The topological polar surface area (TPSA) is 89.3 Å². The van der Waals surface area contributed by atoms with Crippen LogP contribution in [0.4, 0.5) is 11.4 Å². The van der Waals surface area contributed by atoms with Crippen LogP contribution < -0.4 is 11.1 Å². The number of carbonyl (C=O) groups is 1. The highest BCUT2D eigenvalue weighted by molar-refractivity contribution is 7.92. The molecule has 1 aromatic rings. The maximum Gasteiger partial charge on any atom is 0.242 e. The van der Waals surface area contributed by atoms with Gasteiger partial charge in [0.1, 0.15) is 5.25 Å². The minimum absolute atomic E-state index is 0.0917. The zero-order chi connectivity index (χ0) is 14.0. The first kappa shape index (κ1) is 13.9. The molecule has 0 bridgehead atoms. The van der Waals surface area contributed by atoms with Gasteiger partial charge in [-0.15, -0.1) is 0 Å². The van der Waals surface area contributed by atoms with E-state index in [1.54, 1.807) is 12.1 Å². The third-order valence-corrected chi connectivity index (χ3v) is 5.51. The third kappa shape index (κ3) is 3.07. The summed E-state index contributed by atoms with van der Waals surface area (Å²) in [6.07, 6.45) is 1.79. The van der Waals surface area contributed by atoms with E-state index in [9.17, 15) is 13.2 Å². The van der Waals surface area contributed by atoms with Gasteiger partial charge in [-0.1, -0.05) is 12.5 Å². The molecule has 0 aromatic heterocycles. The summed E-state index contributed by atoms with van der Waals surface area (Å²) in [6, 6.07) is 5.25. The van der Waals surface area contributed by atoms with Crippen molar-refractivity contribution in [3.63, 3.8) is 0 Å². The Hall–Kier alpha value is -1.56. The minimum atomic E-state index is -3.32. The Morgan fingerprint density at radius 2 is 2.11 bits per heavy atom. The van der Waals surface area contributed by atoms with Gasteiger partial charge in [0.05, 0.1) is 17.1 Å². The van der Waals surface area contributed by atoms with Crippen LogP contribution in [0, 0.1) is 6.92 Å². The first-order valence-electron chi connectivity index (χ1n) is 6.29. The standard InChI is InChI=1S/C13H18N2O3S/c1-9-5-6-11(10(14)8-9)15-13(16)12-4-2-3-7-19(12,17)18/h5-6,8,12H,2-4,7,14H2,1H3,(H,15,16). The molecule has 1 amide bonds. The smallest absolute Gasteiger partial charge is 0.242 e. The number of nitrogen functional groups attached to an aromatic ring is 1. The average molecular weight is 282 g/mol. The van der Waals surface area contributed by atoms with Crippen molar-refractivity contribution in [3.8, 4) is 0 Å². The minimum Gasteiger partial charge on any atom is -0.397 e. The Bertz CT molecular complexity index is 596. The third-order valence-electron chi connectivity index (χ3n) is 3.34. The molecule has 1 saturated heterocycles. The van der Waals surface area contributed by atoms with E-state index < -0.39 is 21.0 Å². The quantitative estimate of drug-likeness (QED) is 0.804. The molecule has 0 aliphatic carbocycles. The Morgan fingerprint density at radius 1 is 1.37 bits per heavy atom. The normalized spacial score (nSPS) is 21.8. The lowest BCUT2D eigenvalue weighted by atomic mass is 10.1. The largest absolute Gasteiger partial charge is 0.397 e. The number of nitrogens with two attached hydrogens (primary N) is 1. The lowest BCUT2D eigenvalue weighted by molar-refractivity contribution is -0.116. The van der Waals surface area contributed by atoms with Crippen LogP contribution in [0.1, 0.15) is 24.8 Å². The molecule has 1 aliphatic heterocycles.